The Kier molecular flexibility index (Phi) is 8.74. The molecule has 2 unspecified atom stereocenters. The van der Waals surface area contributed by atoms with Crippen molar-refractivity contribution in [2.45, 2.75) is 76.9 Å². The summed E-state index contributed by atoms with van der Waals surface area (Å²) in [7, 11) is 0. The molecule has 1 amide bonds. The van der Waals surface area contributed by atoms with Gasteiger partial charge in [-0.3, -0.25) is 14.2 Å². The largest absolute Gasteiger partial charge is 0.459 e. The lowest BCUT2D eigenvalue weighted by molar-refractivity contribution is -0.156. The van der Waals surface area contributed by atoms with Crippen LogP contribution in [0.1, 0.15) is 72.9 Å². The van der Waals surface area contributed by atoms with Gasteiger partial charge in [0, 0.05) is 50.0 Å². The third-order valence-electron chi connectivity index (χ3n) is 9.05. The summed E-state index contributed by atoms with van der Waals surface area (Å²) in [6.07, 6.45) is 9.57. The number of benzene rings is 2. The Hall–Kier alpha value is -3.46. The highest BCUT2D eigenvalue weighted by Gasteiger charge is 2.35. The Morgan fingerprint density at radius 1 is 0.952 bits per heavy atom. The zero-order chi connectivity index (χ0) is 29.1. The summed E-state index contributed by atoms with van der Waals surface area (Å²) in [6, 6.07) is 16.1. The van der Waals surface area contributed by atoms with Crippen molar-refractivity contribution in [2.24, 2.45) is 0 Å². The van der Waals surface area contributed by atoms with E-state index in [0.717, 1.165) is 53.5 Å². The second kappa shape index (κ2) is 12.8. The van der Waals surface area contributed by atoms with Crippen LogP contribution in [0.2, 0.25) is 0 Å². The molecule has 0 aliphatic carbocycles. The summed E-state index contributed by atoms with van der Waals surface area (Å²) in [4.78, 5) is 30.9. The molecule has 3 aromatic rings. The second-order valence-electron chi connectivity index (χ2n) is 11.8. The number of fused-ring (bicyclic) bond motifs is 1. The van der Waals surface area contributed by atoms with Gasteiger partial charge < -0.3 is 24.4 Å². The van der Waals surface area contributed by atoms with Gasteiger partial charge in [-0.2, -0.15) is 0 Å². The Balaban J connectivity index is 1.23. The highest BCUT2D eigenvalue weighted by Crippen LogP contribution is 2.37. The number of allylic oxidation sites excluding steroid dienone is 1. The van der Waals surface area contributed by atoms with Crippen molar-refractivity contribution < 1.29 is 24.2 Å². The molecule has 1 aromatic heterocycles. The molecule has 8 heteroatoms. The summed E-state index contributed by atoms with van der Waals surface area (Å²) in [5.74, 6) is 0.0206. The quantitative estimate of drug-likeness (QED) is 0.420. The lowest BCUT2D eigenvalue weighted by atomic mass is 9.92. The van der Waals surface area contributed by atoms with E-state index in [2.05, 4.69) is 4.90 Å². The van der Waals surface area contributed by atoms with E-state index in [4.69, 9.17) is 9.47 Å². The molecule has 2 fully saturated rings. The average molecular weight is 572 g/mol. The number of aromatic nitrogens is 1. The molecule has 1 N–H and O–H groups in total. The number of likely N-dealkylation sites (tertiary alicyclic amines) is 2. The van der Waals surface area contributed by atoms with Crippen LogP contribution < -0.4 is 0 Å². The van der Waals surface area contributed by atoms with Crippen LogP contribution in [0.25, 0.3) is 10.9 Å². The van der Waals surface area contributed by atoms with Crippen molar-refractivity contribution in [1.82, 2.24) is 14.4 Å². The van der Waals surface area contributed by atoms with Gasteiger partial charge in [-0.05, 0) is 67.6 Å². The number of para-hydroxylation sites is 1. The molecule has 2 atom stereocenters. The van der Waals surface area contributed by atoms with E-state index >= 15 is 0 Å². The van der Waals surface area contributed by atoms with Crippen LogP contribution >= 0.6 is 0 Å². The van der Waals surface area contributed by atoms with Gasteiger partial charge >= 0.3 is 0 Å². The third-order valence-corrected chi connectivity index (χ3v) is 9.05. The number of hydrogen-bond donors (Lipinski definition) is 1. The van der Waals surface area contributed by atoms with E-state index in [1.165, 1.54) is 32.4 Å². The lowest BCUT2D eigenvalue weighted by Gasteiger charge is -2.40. The zero-order valence-electron chi connectivity index (χ0n) is 24.4. The SMILES string of the molecule is CC(=O)n1cc(C2C=C(C(=O)N3CCC(N4CCCCC4)CC3)OC(OCc3ccc(CO)cc3)C2)c2ccccc21. The van der Waals surface area contributed by atoms with Gasteiger partial charge in [0.2, 0.25) is 12.2 Å². The first kappa shape index (κ1) is 28.6. The number of ether oxygens (including phenoxy) is 2. The Morgan fingerprint density at radius 3 is 2.38 bits per heavy atom. The van der Waals surface area contributed by atoms with Gasteiger partial charge in [-0.1, -0.05) is 48.9 Å². The van der Waals surface area contributed by atoms with Crippen LogP contribution in [0.5, 0.6) is 0 Å². The fourth-order valence-electron chi connectivity index (χ4n) is 6.69. The van der Waals surface area contributed by atoms with Crippen LogP contribution in [0, 0.1) is 0 Å². The normalized spacial score (nSPS) is 22.1. The van der Waals surface area contributed by atoms with Crippen LogP contribution in [0.3, 0.4) is 0 Å². The van der Waals surface area contributed by atoms with Gasteiger partial charge in [0.1, 0.15) is 0 Å². The van der Waals surface area contributed by atoms with Gasteiger partial charge in [0.15, 0.2) is 5.76 Å². The molecule has 2 saturated heterocycles. The number of aliphatic hydroxyl groups is 1. The number of piperidine rings is 2. The van der Waals surface area contributed by atoms with Gasteiger partial charge in [0.05, 0.1) is 18.7 Å². The van der Waals surface area contributed by atoms with Crippen LogP contribution in [-0.4, -0.2) is 69.8 Å². The number of rotatable bonds is 7. The van der Waals surface area contributed by atoms with Crippen molar-refractivity contribution >= 4 is 22.7 Å². The fourth-order valence-corrected chi connectivity index (χ4v) is 6.69. The molecule has 3 aliphatic rings. The number of carbonyl (C=O) groups excluding carboxylic acids is 2. The predicted molar refractivity (Wildman–Crippen MR) is 161 cm³/mol. The van der Waals surface area contributed by atoms with Crippen LogP contribution in [0.15, 0.2) is 66.6 Å². The van der Waals surface area contributed by atoms with E-state index in [9.17, 15) is 14.7 Å². The summed E-state index contributed by atoms with van der Waals surface area (Å²) in [5.41, 5.74) is 3.64. The number of aliphatic hydroxyl groups excluding tert-OH is 1. The van der Waals surface area contributed by atoms with Crippen molar-refractivity contribution in [3.8, 4) is 0 Å². The number of amides is 1. The molecule has 0 radical (unpaired) electrons. The Morgan fingerprint density at radius 2 is 1.67 bits per heavy atom. The Labute approximate surface area is 247 Å². The standard InChI is InChI=1S/C34H41N3O5/c1-24(39)37-21-30(29-7-3-4-8-31(29)37)27-19-32(42-33(20-27)41-23-26-11-9-25(22-38)10-12-26)34(40)36-17-13-28(14-18-36)35-15-5-2-6-16-35/h3-4,7-12,19,21,27-28,33,38H,2,5-6,13-18,20,22-23H2,1H3. The highest BCUT2D eigenvalue weighted by molar-refractivity contribution is 5.95. The fraction of sp³-hybridized carbons (Fsp3) is 0.471. The third kappa shape index (κ3) is 6.16. The smallest absolute Gasteiger partial charge is 0.288 e. The molecular weight excluding hydrogens is 530 g/mol. The molecule has 2 aromatic carbocycles. The van der Waals surface area contributed by atoms with Gasteiger partial charge in [-0.25, -0.2) is 0 Å². The minimum Gasteiger partial charge on any atom is -0.459 e. The summed E-state index contributed by atoms with van der Waals surface area (Å²) >= 11 is 0. The predicted octanol–water partition coefficient (Wildman–Crippen LogP) is 5.20. The molecule has 222 valence electrons. The Bertz CT molecular complexity index is 1430. The average Bonchev–Trinajstić information content (AvgIpc) is 3.44. The van der Waals surface area contributed by atoms with Gasteiger partial charge in [0.25, 0.3) is 5.91 Å². The van der Waals surface area contributed by atoms with Crippen molar-refractivity contribution in [1.29, 1.82) is 0 Å². The molecule has 42 heavy (non-hydrogen) atoms. The van der Waals surface area contributed by atoms with Crippen molar-refractivity contribution in [3.05, 3.63) is 83.3 Å². The van der Waals surface area contributed by atoms with Crippen LogP contribution in [-0.2, 0) is 27.5 Å². The zero-order valence-corrected chi connectivity index (χ0v) is 24.4. The van der Waals surface area contributed by atoms with Crippen LogP contribution in [0.4, 0.5) is 0 Å². The van der Waals surface area contributed by atoms with E-state index in [1.54, 1.807) is 11.5 Å². The summed E-state index contributed by atoms with van der Waals surface area (Å²) in [5, 5.41) is 10.4. The summed E-state index contributed by atoms with van der Waals surface area (Å²) < 4.78 is 14.2. The number of nitrogens with zero attached hydrogens (tertiary/aromatic N) is 3. The molecule has 8 nitrogen and oxygen atoms in total. The van der Waals surface area contributed by atoms with E-state index in [0.29, 0.717) is 24.8 Å². The first-order valence-electron chi connectivity index (χ1n) is 15.3. The molecular formula is C34H41N3O5. The first-order chi connectivity index (χ1) is 20.5. The van der Waals surface area contributed by atoms with E-state index < -0.39 is 6.29 Å². The molecule has 3 aliphatic heterocycles. The lowest BCUT2D eigenvalue weighted by Crippen LogP contribution is -2.49. The molecule has 0 bridgehead atoms. The minimum absolute atomic E-state index is 0.00599. The monoisotopic (exact) mass is 571 g/mol. The topological polar surface area (TPSA) is 84.2 Å². The first-order valence-corrected chi connectivity index (χ1v) is 15.3. The summed E-state index contributed by atoms with van der Waals surface area (Å²) in [6.45, 7) is 5.66. The van der Waals surface area contributed by atoms with E-state index in [-0.39, 0.29) is 24.3 Å². The minimum atomic E-state index is -0.623. The van der Waals surface area contributed by atoms with Crippen molar-refractivity contribution in [3.63, 3.8) is 0 Å². The second-order valence-corrected chi connectivity index (χ2v) is 11.8. The van der Waals surface area contributed by atoms with E-state index in [1.807, 2.05) is 65.7 Å². The number of hydrogen-bond acceptors (Lipinski definition) is 6. The molecule has 6 rings (SSSR count). The molecule has 4 heterocycles. The number of carbonyl (C=O) groups is 2. The maximum absolute atomic E-state index is 13.9. The molecule has 0 spiro atoms. The highest BCUT2D eigenvalue weighted by atomic mass is 16.7. The molecule has 0 saturated carbocycles. The maximum atomic E-state index is 13.9. The maximum Gasteiger partial charge on any atom is 0.288 e. The van der Waals surface area contributed by atoms with Gasteiger partial charge in [-0.15, -0.1) is 0 Å². The van der Waals surface area contributed by atoms with Crippen molar-refractivity contribution in [2.75, 3.05) is 26.2 Å².